The lowest BCUT2D eigenvalue weighted by atomic mass is 10.1. The highest BCUT2D eigenvalue weighted by Gasteiger charge is 2.14. The van der Waals surface area contributed by atoms with Gasteiger partial charge in [0.2, 0.25) is 0 Å². The van der Waals surface area contributed by atoms with E-state index in [1.807, 2.05) is 30.5 Å². The molecule has 0 aliphatic carbocycles. The minimum atomic E-state index is -0.254. The molecule has 136 valence electrons. The molecule has 2 aromatic heterocycles. The molecule has 2 rings (SSSR count). The van der Waals surface area contributed by atoms with Gasteiger partial charge in [-0.15, -0.1) is 11.3 Å². The van der Waals surface area contributed by atoms with Gasteiger partial charge in [0, 0.05) is 36.0 Å². The van der Waals surface area contributed by atoms with Gasteiger partial charge in [-0.05, 0) is 37.3 Å². The molecular formula is C20H28N2O2S. The molecule has 0 atom stereocenters. The zero-order chi connectivity index (χ0) is 18.1. The summed E-state index contributed by atoms with van der Waals surface area (Å²) in [5.74, 6) is 0.852. The summed E-state index contributed by atoms with van der Waals surface area (Å²) in [6, 6.07) is 4.04. The second kappa shape index (κ2) is 10.2. The van der Waals surface area contributed by atoms with Crippen molar-refractivity contribution in [1.29, 1.82) is 0 Å². The van der Waals surface area contributed by atoms with Crippen molar-refractivity contribution < 1.29 is 9.53 Å². The van der Waals surface area contributed by atoms with Crippen molar-refractivity contribution in [2.75, 3.05) is 6.61 Å². The predicted octanol–water partition coefficient (Wildman–Crippen LogP) is 4.89. The van der Waals surface area contributed by atoms with Gasteiger partial charge in [-0.25, -0.2) is 9.78 Å². The number of thiophene rings is 1. The number of hydrogen-bond donors (Lipinski definition) is 0. The van der Waals surface area contributed by atoms with Crippen LogP contribution in [0.1, 0.15) is 56.4 Å². The molecule has 0 spiro atoms. The average molecular weight is 361 g/mol. The van der Waals surface area contributed by atoms with Crippen LogP contribution in [-0.2, 0) is 28.9 Å². The number of unbranched alkanes of at least 4 members (excludes halogenated alkanes) is 1. The smallest absolute Gasteiger partial charge is 0.334 e. The van der Waals surface area contributed by atoms with Crippen LogP contribution in [0, 0.1) is 0 Å². The fourth-order valence-corrected chi connectivity index (χ4v) is 3.43. The van der Waals surface area contributed by atoms with Gasteiger partial charge in [0.25, 0.3) is 0 Å². The number of carbonyl (C=O) groups is 1. The summed E-state index contributed by atoms with van der Waals surface area (Å²) < 4.78 is 7.45. The number of imidazole rings is 1. The number of aromatic nitrogens is 2. The van der Waals surface area contributed by atoms with Crippen LogP contribution < -0.4 is 0 Å². The summed E-state index contributed by atoms with van der Waals surface area (Å²) in [7, 11) is 0. The van der Waals surface area contributed by atoms with E-state index in [2.05, 4.69) is 24.6 Å². The standard InChI is InChI=1S/C20H28N2O2S/c1-4-7-10-19-21-17(15-22(19)11-5-2)13-16(20(23)24-6-3)14-18-9-8-12-25-18/h8-9,12-13,15H,4-7,10-11,14H2,1-3H3/b16-13+. The van der Waals surface area contributed by atoms with E-state index in [1.54, 1.807) is 11.3 Å². The van der Waals surface area contributed by atoms with Gasteiger partial charge in [-0.3, -0.25) is 0 Å². The van der Waals surface area contributed by atoms with Gasteiger partial charge < -0.3 is 9.30 Å². The van der Waals surface area contributed by atoms with Gasteiger partial charge >= 0.3 is 5.97 Å². The van der Waals surface area contributed by atoms with Crippen LogP contribution in [0.5, 0.6) is 0 Å². The Kier molecular flexibility index (Phi) is 7.92. The Morgan fingerprint density at radius 1 is 1.32 bits per heavy atom. The van der Waals surface area contributed by atoms with Gasteiger partial charge in [-0.2, -0.15) is 0 Å². The van der Waals surface area contributed by atoms with Crippen molar-refractivity contribution in [1.82, 2.24) is 9.55 Å². The number of ether oxygens (including phenoxy) is 1. The minimum Gasteiger partial charge on any atom is -0.463 e. The van der Waals surface area contributed by atoms with Crippen LogP contribution in [0.2, 0.25) is 0 Å². The molecule has 0 N–H and O–H groups in total. The van der Waals surface area contributed by atoms with Crippen molar-refractivity contribution in [2.24, 2.45) is 0 Å². The summed E-state index contributed by atoms with van der Waals surface area (Å²) in [5, 5.41) is 2.02. The SMILES string of the molecule is CCCCc1nc(/C=C(\Cc2cccs2)C(=O)OCC)cn1CCC. The molecule has 0 aliphatic rings. The second-order valence-corrected chi connectivity index (χ2v) is 7.06. The molecule has 0 amide bonds. The molecule has 25 heavy (non-hydrogen) atoms. The van der Waals surface area contributed by atoms with Crippen LogP contribution in [0.3, 0.4) is 0 Å². The number of aryl methyl sites for hydroxylation is 2. The van der Waals surface area contributed by atoms with Crippen LogP contribution in [-0.4, -0.2) is 22.1 Å². The first-order chi connectivity index (χ1) is 12.2. The fraction of sp³-hybridized carbons (Fsp3) is 0.500. The monoisotopic (exact) mass is 360 g/mol. The molecule has 0 saturated carbocycles. The molecule has 0 bridgehead atoms. The Morgan fingerprint density at radius 3 is 2.80 bits per heavy atom. The molecular weight excluding hydrogens is 332 g/mol. The summed E-state index contributed by atoms with van der Waals surface area (Å²) in [6.07, 6.45) is 8.85. The maximum atomic E-state index is 12.3. The molecule has 0 fully saturated rings. The highest BCUT2D eigenvalue weighted by Crippen LogP contribution is 2.19. The fourth-order valence-electron chi connectivity index (χ4n) is 2.70. The zero-order valence-corrected chi connectivity index (χ0v) is 16.3. The minimum absolute atomic E-state index is 0.254. The number of hydrogen-bond acceptors (Lipinski definition) is 4. The molecule has 5 heteroatoms. The van der Waals surface area contributed by atoms with E-state index in [0.717, 1.165) is 48.6 Å². The Bertz CT molecular complexity index is 687. The van der Waals surface area contributed by atoms with Crippen LogP contribution in [0.25, 0.3) is 6.08 Å². The summed E-state index contributed by atoms with van der Waals surface area (Å²) in [6.45, 7) is 7.53. The average Bonchev–Trinajstić information content (AvgIpc) is 3.23. The number of esters is 1. The Morgan fingerprint density at radius 2 is 2.16 bits per heavy atom. The topological polar surface area (TPSA) is 44.1 Å². The van der Waals surface area contributed by atoms with Gasteiger partial charge in [0.1, 0.15) is 5.82 Å². The Hall–Kier alpha value is -1.88. The Balaban J connectivity index is 2.28. The van der Waals surface area contributed by atoms with E-state index < -0.39 is 0 Å². The van der Waals surface area contributed by atoms with Crippen LogP contribution >= 0.6 is 11.3 Å². The van der Waals surface area contributed by atoms with Gasteiger partial charge in [0.15, 0.2) is 0 Å². The van der Waals surface area contributed by atoms with Crippen molar-refractivity contribution >= 4 is 23.4 Å². The molecule has 0 aliphatic heterocycles. The van der Waals surface area contributed by atoms with Gasteiger partial charge in [-0.1, -0.05) is 26.3 Å². The normalized spacial score (nSPS) is 11.7. The van der Waals surface area contributed by atoms with Crippen molar-refractivity contribution in [2.45, 2.75) is 59.4 Å². The molecule has 0 aromatic carbocycles. The third-order valence-corrected chi connectivity index (χ3v) is 4.78. The predicted molar refractivity (Wildman–Crippen MR) is 104 cm³/mol. The van der Waals surface area contributed by atoms with Crippen molar-refractivity contribution in [3.63, 3.8) is 0 Å². The molecule has 2 aromatic rings. The lowest BCUT2D eigenvalue weighted by Gasteiger charge is -2.05. The lowest BCUT2D eigenvalue weighted by Crippen LogP contribution is -2.09. The zero-order valence-electron chi connectivity index (χ0n) is 15.5. The molecule has 4 nitrogen and oxygen atoms in total. The molecule has 0 unspecified atom stereocenters. The van der Waals surface area contributed by atoms with Gasteiger partial charge in [0.05, 0.1) is 12.3 Å². The number of nitrogens with zero attached hydrogens (tertiary/aromatic N) is 2. The second-order valence-electron chi connectivity index (χ2n) is 6.03. The summed E-state index contributed by atoms with van der Waals surface area (Å²) >= 11 is 1.65. The number of rotatable bonds is 10. The largest absolute Gasteiger partial charge is 0.463 e. The van der Waals surface area contributed by atoms with Crippen LogP contribution in [0.15, 0.2) is 29.3 Å². The van der Waals surface area contributed by atoms with E-state index in [9.17, 15) is 4.79 Å². The third kappa shape index (κ3) is 5.85. The first-order valence-electron chi connectivity index (χ1n) is 9.14. The van der Waals surface area contributed by atoms with E-state index in [-0.39, 0.29) is 5.97 Å². The van der Waals surface area contributed by atoms with E-state index in [1.165, 1.54) is 0 Å². The third-order valence-electron chi connectivity index (χ3n) is 3.90. The first-order valence-corrected chi connectivity index (χ1v) is 10.0. The maximum absolute atomic E-state index is 12.3. The first kappa shape index (κ1) is 19.4. The molecule has 0 saturated heterocycles. The quantitative estimate of drug-likeness (QED) is 0.448. The van der Waals surface area contributed by atoms with E-state index in [0.29, 0.717) is 18.6 Å². The summed E-state index contributed by atoms with van der Waals surface area (Å²) in [5.41, 5.74) is 1.51. The maximum Gasteiger partial charge on any atom is 0.334 e. The molecule has 0 radical (unpaired) electrons. The lowest BCUT2D eigenvalue weighted by molar-refractivity contribution is -0.138. The number of carbonyl (C=O) groups excluding carboxylic acids is 1. The van der Waals surface area contributed by atoms with E-state index >= 15 is 0 Å². The van der Waals surface area contributed by atoms with E-state index in [4.69, 9.17) is 9.72 Å². The highest BCUT2D eigenvalue weighted by atomic mass is 32.1. The Labute approximate surface area is 154 Å². The molecule has 2 heterocycles. The summed E-state index contributed by atoms with van der Waals surface area (Å²) in [4.78, 5) is 18.3. The van der Waals surface area contributed by atoms with Crippen molar-refractivity contribution in [3.05, 3.63) is 45.7 Å². The van der Waals surface area contributed by atoms with Crippen LogP contribution in [0.4, 0.5) is 0 Å². The highest BCUT2D eigenvalue weighted by molar-refractivity contribution is 7.09. The van der Waals surface area contributed by atoms with Crippen molar-refractivity contribution in [3.8, 4) is 0 Å².